The van der Waals surface area contributed by atoms with Gasteiger partial charge in [0.2, 0.25) is 0 Å². The molecule has 0 N–H and O–H groups in total. The predicted octanol–water partition coefficient (Wildman–Crippen LogP) is 18.7. The molecule has 1 nitrogen and oxygen atoms in total. The van der Waals surface area contributed by atoms with Crippen LogP contribution in [0, 0.1) is 0 Å². The standard InChI is InChI=1S/C76H55N/c1-6-25-54(26-7-1)51-56-29-16-17-36-64(56)65-50-49-63(53-57(65)52-55-27-8-2-9-28-55)77(62-47-45-61(46-48-62)75(58-30-10-3-11-31-58)70-41-21-18-37-66(70)67-38-19-22-42-71(67)75)73-44-24-40-69-68-39-20-23-43-72(68)76(74(69)73,59-32-12-4-13-33-59)60-34-14-5-15-35-60/h1-50,53H,51-52H2. The quantitative estimate of drug-likeness (QED) is 0.118. The Labute approximate surface area is 452 Å². The van der Waals surface area contributed by atoms with Gasteiger partial charge in [-0.15, -0.1) is 0 Å². The zero-order valence-electron chi connectivity index (χ0n) is 42.8. The van der Waals surface area contributed by atoms with Crippen molar-refractivity contribution in [3.63, 3.8) is 0 Å². The van der Waals surface area contributed by atoms with E-state index in [1.807, 2.05) is 0 Å². The predicted molar refractivity (Wildman–Crippen MR) is 320 cm³/mol. The fourth-order valence-electron chi connectivity index (χ4n) is 13.4. The summed E-state index contributed by atoms with van der Waals surface area (Å²) in [6.07, 6.45) is 1.62. The van der Waals surface area contributed by atoms with Gasteiger partial charge in [-0.1, -0.05) is 279 Å². The molecule has 0 saturated heterocycles. The second kappa shape index (κ2) is 19.3. The van der Waals surface area contributed by atoms with Crippen molar-refractivity contribution in [1.82, 2.24) is 0 Å². The number of hydrogen-bond donors (Lipinski definition) is 0. The first-order chi connectivity index (χ1) is 38.2. The van der Waals surface area contributed by atoms with E-state index in [2.05, 4.69) is 314 Å². The van der Waals surface area contributed by atoms with Crippen LogP contribution in [-0.4, -0.2) is 0 Å². The molecule has 0 unspecified atom stereocenters. The fourth-order valence-corrected chi connectivity index (χ4v) is 13.4. The van der Waals surface area contributed by atoms with Gasteiger partial charge in [0.15, 0.2) is 0 Å². The zero-order valence-corrected chi connectivity index (χ0v) is 42.8. The number of anilines is 3. The molecule has 77 heavy (non-hydrogen) atoms. The van der Waals surface area contributed by atoms with Gasteiger partial charge in [0.25, 0.3) is 0 Å². The van der Waals surface area contributed by atoms with Crippen molar-refractivity contribution in [2.24, 2.45) is 0 Å². The molecular formula is C76H55N. The summed E-state index contributed by atoms with van der Waals surface area (Å²) in [5.74, 6) is 0. The second-order valence-corrected chi connectivity index (χ2v) is 20.6. The largest absolute Gasteiger partial charge is 0.310 e. The summed E-state index contributed by atoms with van der Waals surface area (Å²) in [4.78, 5) is 2.56. The number of benzene rings is 12. The lowest BCUT2D eigenvalue weighted by Gasteiger charge is -2.38. The molecule has 0 radical (unpaired) electrons. The lowest BCUT2D eigenvalue weighted by atomic mass is 9.67. The number of nitrogens with zero attached hydrogens (tertiary/aromatic N) is 1. The van der Waals surface area contributed by atoms with Crippen LogP contribution < -0.4 is 4.90 Å². The van der Waals surface area contributed by atoms with Crippen molar-refractivity contribution >= 4 is 17.1 Å². The van der Waals surface area contributed by atoms with Crippen LogP contribution in [0.1, 0.15) is 66.8 Å². The highest BCUT2D eigenvalue weighted by atomic mass is 15.1. The van der Waals surface area contributed by atoms with Crippen molar-refractivity contribution in [2.75, 3.05) is 4.90 Å². The van der Waals surface area contributed by atoms with Gasteiger partial charge in [-0.3, -0.25) is 0 Å². The second-order valence-electron chi connectivity index (χ2n) is 20.6. The minimum absolute atomic E-state index is 0.527. The maximum Gasteiger partial charge on any atom is 0.0734 e. The molecule has 0 spiro atoms. The van der Waals surface area contributed by atoms with Crippen molar-refractivity contribution in [2.45, 2.75) is 23.7 Å². The summed E-state index contributed by atoms with van der Waals surface area (Å²) < 4.78 is 0. The topological polar surface area (TPSA) is 3.24 Å². The Hall–Kier alpha value is -9.56. The molecule has 0 fully saturated rings. The monoisotopic (exact) mass is 981 g/mol. The molecule has 0 atom stereocenters. The summed E-state index contributed by atoms with van der Waals surface area (Å²) in [6, 6.07) is 115. The molecule has 2 aliphatic carbocycles. The van der Waals surface area contributed by atoms with E-state index in [1.54, 1.807) is 0 Å². The number of fused-ring (bicyclic) bond motifs is 6. The summed E-state index contributed by atoms with van der Waals surface area (Å²) in [5.41, 5.74) is 25.0. The lowest BCUT2D eigenvalue weighted by molar-refractivity contribution is 0.766. The highest BCUT2D eigenvalue weighted by Gasteiger charge is 2.49. The Kier molecular flexibility index (Phi) is 11.5. The molecule has 0 amide bonds. The van der Waals surface area contributed by atoms with Gasteiger partial charge in [-0.25, -0.2) is 0 Å². The summed E-state index contributed by atoms with van der Waals surface area (Å²) >= 11 is 0. The van der Waals surface area contributed by atoms with Crippen molar-refractivity contribution < 1.29 is 0 Å². The van der Waals surface area contributed by atoms with Crippen LogP contribution in [-0.2, 0) is 23.7 Å². The van der Waals surface area contributed by atoms with Gasteiger partial charge in [-0.05, 0) is 138 Å². The summed E-state index contributed by atoms with van der Waals surface area (Å²) in [7, 11) is 0. The van der Waals surface area contributed by atoms with Crippen molar-refractivity contribution in [1.29, 1.82) is 0 Å². The summed E-state index contributed by atoms with van der Waals surface area (Å²) in [6.45, 7) is 0. The minimum atomic E-state index is -0.638. The average Bonchev–Trinajstić information content (AvgIpc) is 3.99. The lowest BCUT2D eigenvalue weighted by Crippen LogP contribution is -2.30. The van der Waals surface area contributed by atoms with Gasteiger partial charge in [0.05, 0.1) is 16.5 Å². The Morgan fingerprint density at radius 2 is 0.623 bits per heavy atom. The van der Waals surface area contributed by atoms with Gasteiger partial charge in [0, 0.05) is 16.9 Å². The van der Waals surface area contributed by atoms with Crippen molar-refractivity contribution in [3.05, 3.63) is 376 Å². The van der Waals surface area contributed by atoms with E-state index in [1.165, 1.54) is 100 Å². The first kappa shape index (κ1) is 46.0. The van der Waals surface area contributed by atoms with Crippen LogP contribution in [0.2, 0.25) is 0 Å². The van der Waals surface area contributed by atoms with Crippen LogP contribution in [0.3, 0.4) is 0 Å². The molecule has 1 heteroatoms. The average molecular weight is 982 g/mol. The first-order valence-corrected chi connectivity index (χ1v) is 27.0. The smallest absolute Gasteiger partial charge is 0.0734 e. The van der Waals surface area contributed by atoms with Gasteiger partial charge in [0.1, 0.15) is 0 Å². The Bertz CT molecular complexity index is 3980. The number of rotatable bonds is 12. The van der Waals surface area contributed by atoms with E-state index in [9.17, 15) is 0 Å². The third kappa shape index (κ3) is 7.53. The van der Waals surface area contributed by atoms with E-state index in [0.29, 0.717) is 0 Å². The molecule has 0 saturated carbocycles. The van der Waals surface area contributed by atoms with Gasteiger partial charge < -0.3 is 4.90 Å². The molecule has 0 aliphatic heterocycles. The Balaban J connectivity index is 1.03. The normalized spacial score (nSPS) is 13.2. The maximum absolute atomic E-state index is 2.56. The maximum atomic E-state index is 2.56. The molecule has 0 bridgehead atoms. The number of hydrogen-bond acceptors (Lipinski definition) is 1. The van der Waals surface area contributed by atoms with E-state index >= 15 is 0 Å². The van der Waals surface area contributed by atoms with Crippen LogP contribution in [0.4, 0.5) is 17.1 Å². The van der Waals surface area contributed by atoms with Crippen LogP contribution in [0.15, 0.2) is 309 Å². The SMILES string of the molecule is c1ccc(Cc2ccccc2-c2ccc(N(c3ccc(C4(c5ccccc5)c5ccccc5-c5ccccc54)cc3)c3cccc4c3C(c3ccccc3)(c3ccccc3)c3ccccc3-4)cc2Cc2ccccc2)cc1. The third-order valence-electron chi connectivity index (χ3n) is 16.5. The zero-order chi connectivity index (χ0) is 51.2. The van der Waals surface area contributed by atoms with Gasteiger partial charge >= 0.3 is 0 Å². The first-order valence-electron chi connectivity index (χ1n) is 27.0. The van der Waals surface area contributed by atoms with Crippen LogP contribution in [0.5, 0.6) is 0 Å². The third-order valence-corrected chi connectivity index (χ3v) is 16.5. The molecular weight excluding hydrogens is 927 g/mol. The molecule has 0 heterocycles. The van der Waals surface area contributed by atoms with Crippen molar-refractivity contribution in [3.8, 4) is 33.4 Å². The van der Waals surface area contributed by atoms with E-state index in [4.69, 9.17) is 0 Å². The fraction of sp³-hybridized carbons (Fsp3) is 0.0526. The van der Waals surface area contributed by atoms with Gasteiger partial charge in [-0.2, -0.15) is 0 Å². The Morgan fingerprint density at radius 1 is 0.247 bits per heavy atom. The molecule has 14 rings (SSSR count). The van der Waals surface area contributed by atoms with E-state index in [0.717, 1.165) is 29.9 Å². The van der Waals surface area contributed by atoms with Crippen LogP contribution >= 0.6 is 0 Å². The highest BCUT2D eigenvalue weighted by molar-refractivity contribution is 5.95. The molecule has 2 aliphatic rings. The molecule has 12 aromatic rings. The minimum Gasteiger partial charge on any atom is -0.310 e. The highest BCUT2D eigenvalue weighted by Crippen LogP contribution is 2.61. The molecule has 0 aromatic heterocycles. The molecule has 364 valence electrons. The summed E-state index contributed by atoms with van der Waals surface area (Å²) in [5, 5.41) is 0. The molecule has 12 aromatic carbocycles. The Morgan fingerprint density at radius 3 is 1.17 bits per heavy atom. The van der Waals surface area contributed by atoms with E-state index < -0.39 is 10.8 Å². The van der Waals surface area contributed by atoms with E-state index in [-0.39, 0.29) is 0 Å². The van der Waals surface area contributed by atoms with Crippen LogP contribution in [0.25, 0.3) is 33.4 Å².